The Labute approximate surface area is 201 Å². The van der Waals surface area contributed by atoms with E-state index in [1.54, 1.807) is 40.5 Å². The van der Waals surface area contributed by atoms with E-state index in [9.17, 15) is 19.2 Å². The molecular formula is C24H27N3O4S2. The molecule has 2 fully saturated rings. The number of nitrogens with zero attached hydrogens (tertiary/aromatic N) is 2. The number of amides is 4. The minimum Gasteiger partial charge on any atom is -0.326 e. The predicted molar refractivity (Wildman–Crippen MR) is 130 cm³/mol. The zero-order valence-corrected chi connectivity index (χ0v) is 20.1. The Morgan fingerprint density at radius 3 is 2.48 bits per heavy atom. The number of carbonyl (C=O) groups excluding carboxylic acids is 4. The van der Waals surface area contributed by atoms with Crippen LogP contribution in [0.2, 0.25) is 0 Å². The molecule has 1 atom stereocenters. The lowest BCUT2D eigenvalue weighted by Crippen LogP contribution is -2.52. The van der Waals surface area contributed by atoms with Gasteiger partial charge in [-0.15, -0.1) is 23.1 Å². The highest BCUT2D eigenvalue weighted by molar-refractivity contribution is 8.01. The highest BCUT2D eigenvalue weighted by atomic mass is 32.2. The van der Waals surface area contributed by atoms with E-state index in [-0.39, 0.29) is 41.8 Å². The van der Waals surface area contributed by atoms with Crippen molar-refractivity contribution in [2.45, 2.75) is 61.7 Å². The number of anilines is 2. The van der Waals surface area contributed by atoms with E-state index < -0.39 is 6.04 Å². The molecule has 9 heteroatoms. The van der Waals surface area contributed by atoms with Gasteiger partial charge in [0.2, 0.25) is 17.7 Å². The van der Waals surface area contributed by atoms with Crippen molar-refractivity contribution in [3.63, 3.8) is 0 Å². The first-order valence-electron chi connectivity index (χ1n) is 11.2. The van der Waals surface area contributed by atoms with Crippen molar-refractivity contribution in [1.29, 1.82) is 0 Å². The Hall–Kier alpha value is -2.65. The Morgan fingerprint density at radius 1 is 1.12 bits per heavy atom. The SMILES string of the molecule is CC(=O)Nc1ccc(N2C(=O)CC(N(C(=O)CSc3cccs3)C3CCCCC3)C2=O)cc1. The summed E-state index contributed by atoms with van der Waals surface area (Å²) in [5, 5.41) is 4.65. The van der Waals surface area contributed by atoms with Crippen molar-refractivity contribution in [3.05, 3.63) is 41.8 Å². The summed E-state index contributed by atoms with van der Waals surface area (Å²) < 4.78 is 1.06. The lowest BCUT2D eigenvalue weighted by Gasteiger charge is -2.37. The average Bonchev–Trinajstić information content (AvgIpc) is 3.42. The van der Waals surface area contributed by atoms with Gasteiger partial charge in [-0.2, -0.15) is 0 Å². The summed E-state index contributed by atoms with van der Waals surface area (Å²) in [6, 6.07) is 9.74. The van der Waals surface area contributed by atoms with Gasteiger partial charge in [0, 0.05) is 18.7 Å². The molecule has 7 nitrogen and oxygen atoms in total. The van der Waals surface area contributed by atoms with Gasteiger partial charge in [0.1, 0.15) is 6.04 Å². The molecule has 1 aromatic carbocycles. The van der Waals surface area contributed by atoms with Gasteiger partial charge < -0.3 is 10.2 Å². The quantitative estimate of drug-likeness (QED) is 0.467. The van der Waals surface area contributed by atoms with Crippen LogP contribution in [0.1, 0.15) is 45.4 Å². The summed E-state index contributed by atoms with van der Waals surface area (Å²) in [6.07, 6.45) is 4.90. The smallest absolute Gasteiger partial charge is 0.257 e. The second kappa shape index (κ2) is 10.5. The van der Waals surface area contributed by atoms with Crippen molar-refractivity contribution in [3.8, 4) is 0 Å². The third kappa shape index (κ3) is 5.47. The first-order valence-corrected chi connectivity index (χ1v) is 13.0. The molecule has 1 unspecified atom stereocenters. The van der Waals surface area contributed by atoms with Crippen LogP contribution in [-0.4, -0.2) is 46.4 Å². The third-order valence-corrected chi connectivity index (χ3v) is 8.11. The maximum absolute atomic E-state index is 13.4. The normalized spacial score (nSPS) is 19.1. The molecule has 1 aromatic heterocycles. The number of imide groups is 1. The number of hydrogen-bond acceptors (Lipinski definition) is 6. The molecule has 1 saturated heterocycles. The molecule has 1 aliphatic heterocycles. The molecule has 2 aromatic rings. The van der Waals surface area contributed by atoms with Crippen molar-refractivity contribution in [2.24, 2.45) is 0 Å². The van der Waals surface area contributed by atoms with Gasteiger partial charge in [-0.1, -0.05) is 25.3 Å². The molecule has 0 spiro atoms. The summed E-state index contributed by atoms with van der Waals surface area (Å²) in [4.78, 5) is 53.8. The fourth-order valence-corrected chi connectivity index (χ4v) is 6.20. The average molecular weight is 486 g/mol. The van der Waals surface area contributed by atoms with E-state index in [0.29, 0.717) is 11.4 Å². The van der Waals surface area contributed by atoms with Gasteiger partial charge in [-0.05, 0) is 48.6 Å². The summed E-state index contributed by atoms with van der Waals surface area (Å²) in [7, 11) is 0. The Bertz CT molecular complexity index is 1020. The molecule has 33 heavy (non-hydrogen) atoms. The van der Waals surface area contributed by atoms with E-state index in [4.69, 9.17) is 0 Å². The van der Waals surface area contributed by atoms with Crippen LogP contribution < -0.4 is 10.2 Å². The highest BCUT2D eigenvalue weighted by Gasteiger charge is 2.46. The molecule has 1 aliphatic carbocycles. The second-order valence-corrected chi connectivity index (χ2v) is 10.6. The molecule has 4 rings (SSSR count). The number of benzene rings is 1. The minimum absolute atomic E-state index is 0.00180. The Balaban J connectivity index is 1.53. The molecule has 4 amide bonds. The van der Waals surface area contributed by atoms with E-state index in [1.807, 2.05) is 17.5 Å². The number of nitrogens with one attached hydrogen (secondary N) is 1. The first-order chi connectivity index (χ1) is 15.9. The van der Waals surface area contributed by atoms with Gasteiger partial charge in [0.25, 0.3) is 5.91 Å². The van der Waals surface area contributed by atoms with Crippen molar-refractivity contribution >= 4 is 58.1 Å². The van der Waals surface area contributed by atoms with Crippen LogP contribution in [0.4, 0.5) is 11.4 Å². The number of hydrogen-bond donors (Lipinski definition) is 1. The van der Waals surface area contributed by atoms with E-state index >= 15 is 0 Å². The summed E-state index contributed by atoms with van der Waals surface area (Å²) >= 11 is 3.06. The third-order valence-electron chi connectivity index (χ3n) is 5.99. The van der Waals surface area contributed by atoms with Crippen LogP contribution >= 0.6 is 23.1 Å². The van der Waals surface area contributed by atoms with Crippen molar-refractivity contribution in [2.75, 3.05) is 16.0 Å². The Kier molecular flexibility index (Phi) is 7.49. The van der Waals surface area contributed by atoms with Crippen LogP contribution in [0.15, 0.2) is 46.0 Å². The van der Waals surface area contributed by atoms with Crippen LogP contribution in [-0.2, 0) is 19.2 Å². The summed E-state index contributed by atoms with van der Waals surface area (Å²) in [5.41, 5.74) is 1.04. The lowest BCUT2D eigenvalue weighted by atomic mass is 9.92. The standard InChI is InChI=1S/C24H27N3O4S2/c1-16(28)25-17-9-11-19(12-10-17)27-21(29)14-20(24(27)31)26(18-6-3-2-4-7-18)22(30)15-33-23-8-5-13-32-23/h5,8-13,18,20H,2-4,6-7,14-15H2,1H3,(H,25,28). The fourth-order valence-electron chi connectivity index (χ4n) is 4.55. The van der Waals surface area contributed by atoms with Gasteiger partial charge >= 0.3 is 0 Å². The molecule has 2 heterocycles. The Morgan fingerprint density at radius 2 is 1.85 bits per heavy atom. The molecule has 2 aliphatic rings. The lowest BCUT2D eigenvalue weighted by molar-refractivity contribution is -0.139. The van der Waals surface area contributed by atoms with E-state index in [2.05, 4.69) is 5.32 Å². The highest BCUT2D eigenvalue weighted by Crippen LogP contribution is 2.33. The second-order valence-electron chi connectivity index (χ2n) is 8.33. The van der Waals surface area contributed by atoms with E-state index in [1.165, 1.54) is 23.6 Å². The van der Waals surface area contributed by atoms with Gasteiger partial charge in [-0.3, -0.25) is 19.2 Å². The molecule has 0 radical (unpaired) electrons. The molecular weight excluding hydrogens is 458 g/mol. The maximum atomic E-state index is 13.4. The number of thioether (sulfide) groups is 1. The van der Waals surface area contributed by atoms with Crippen LogP contribution in [0, 0.1) is 0 Å². The molecule has 1 N–H and O–H groups in total. The van der Waals surface area contributed by atoms with Crippen molar-refractivity contribution < 1.29 is 19.2 Å². The van der Waals surface area contributed by atoms with Gasteiger partial charge in [0.05, 0.1) is 22.1 Å². The number of thiophene rings is 1. The fraction of sp³-hybridized carbons (Fsp3) is 0.417. The topological polar surface area (TPSA) is 86.8 Å². The van der Waals surface area contributed by atoms with Gasteiger partial charge in [0.15, 0.2) is 0 Å². The number of rotatable bonds is 7. The van der Waals surface area contributed by atoms with Crippen LogP contribution in [0.25, 0.3) is 0 Å². The minimum atomic E-state index is -0.771. The molecule has 1 saturated carbocycles. The van der Waals surface area contributed by atoms with Crippen molar-refractivity contribution in [1.82, 2.24) is 4.90 Å². The maximum Gasteiger partial charge on any atom is 0.257 e. The van der Waals surface area contributed by atoms with Gasteiger partial charge in [-0.25, -0.2) is 4.90 Å². The number of carbonyl (C=O) groups is 4. The largest absolute Gasteiger partial charge is 0.326 e. The monoisotopic (exact) mass is 485 g/mol. The summed E-state index contributed by atoms with van der Waals surface area (Å²) in [6.45, 7) is 1.42. The van der Waals surface area contributed by atoms with Crippen LogP contribution in [0.5, 0.6) is 0 Å². The molecule has 0 bridgehead atoms. The molecule has 174 valence electrons. The first kappa shape index (κ1) is 23.5. The zero-order valence-electron chi connectivity index (χ0n) is 18.5. The van der Waals surface area contributed by atoms with Crippen LogP contribution in [0.3, 0.4) is 0 Å². The zero-order chi connectivity index (χ0) is 23.4. The van der Waals surface area contributed by atoms with E-state index in [0.717, 1.165) is 36.3 Å². The predicted octanol–water partition coefficient (Wildman–Crippen LogP) is 4.29. The summed E-state index contributed by atoms with van der Waals surface area (Å²) in [5.74, 6) is -0.697.